The SMILES string of the molecule is CC(=O)O[C@H]1CC[C@@]2(C)C(=CC[C@H]3C4=CC=C(OS(=O)(=O)C(F)(F)F)[C@@]4(C)CC[C@@H]32)C1. The summed E-state index contributed by atoms with van der Waals surface area (Å²) in [5, 5.41) is 0. The van der Waals surface area contributed by atoms with E-state index in [1.165, 1.54) is 18.6 Å². The van der Waals surface area contributed by atoms with E-state index in [9.17, 15) is 26.4 Å². The Morgan fingerprint density at radius 1 is 1.16 bits per heavy atom. The summed E-state index contributed by atoms with van der Waals surface area (Å²) in [6.45, 7) is 5.43. The van der Waals surface area contributed by atoms with Gasteiger partial charge in [0.2, 0.25) is 0 Å². The lowest BCUT2D eigenvalue weighted by molar-refractivity contribution is -0.148. The molecule has 0 aromatic heterocycles. The lowest BCUT2D eigenvalue weighted by atomic mass is 9.49. The molecule has 0 unspecified atom stereocenters. The highest BCUT2D eigenvalue weighted by molar-refractivity contribution is 7.87. The summed E-state index contributed by atoms with van der Waals surface area (Å²) in [5.41, 5.74) is -4.13. The van der Waals surface area contributed by atoms with Gasteiger partial charge in [0, 0.05) is 18.8 Å². The normalized spacial score (nSPS) is 37.5. The maximum absolute atomic E-state index is 12.9. The van der Waals surface area contributed by atoms with Gasteiger partial charge in [0.05, 0.1) is 0 Å². The topological polar surface area (TPSA) is 69.7 Å². The van der Waals surface area contributed by atoms with E-state index in [1.807, 2.05) is 0 Å². The molecule has 4 aliphatic rings. The maximum atomic E-state index is 12.9. The number of hydrogen-bond donors (Lipinski definition) is 0. The third kappa shape index (κ3) is 3.52. The van der Waals surface area contributed by atoms with Crippen LogP contribution in [0, 0.1) is 22.7 Å². The number of esters is 1. The molecule has 5 nitrogen and oxygen atoms in total. The summed E-state index contributed by atoms with van der Waals surface area (Å²) < 4.78 is 71.8. The third-order valence-electron chi connectivity index (χ3n) is 7.85. The Morgan fingerprint density at radius 3 is 2.52 bits per heavy atom. The molecule has 0 aromatic carbocycles. The van der Waals surface area contributed by atoms with Crippen LogP contribution in [-0.4, -0.2) is 26.0 Å². The number of ether oxygens (including phenoxy) is 1. The van der Waals surface area contributed by atoms with Crippen LogP contribution in [0.4, 0.5) is 13.2 Å². The van der Waals surface area contributed by atoms with Gasteiger partial charge in [0.1, 0.15) is 11.9 Å². The van der Waals surface area contributed by atoms with Crippen molar-refractivity contribution in [3.63, 3.8) is 0 Å². The Balaban J connectivity index is 1.57. The van der Waals surface area contributed by atoms with Gasteiger partial charge in [-0.05, 0) is 62.4 Å². The van der Waals surface area contributed by atoms with Crippen molar-refractivity contribution in [3.05, 3.63) is 35.1 Å². The average molecular weight is 461 g/mol. The van der Waals surface area contributed by atoms with Crippen LogP contribution in [0.2, 0.25) is 0 Å². The summed E-state index contributed by atoms with van der Waals surface area (Å²) in [5.74, 6) is -0.00240. The van der Waals surface area contributed by atoms with E-state index in [1.54, 1.807) is 13.0 Å². The number of carbonyl (C=O) groups excluding carboxylic acids is 1. The van der Waals surface area contributed by atoms with E-state index in [2.05, 4.69) is 17.2 Å². The highest BCUT2D eigenvalue weighted by atomic mass is 32.2. The first-order valence-corrected chi connectivity index (χ1v) is 12.0. The van der Waals surface area contributed by atoms with Gasteiger partial charge in [-0.3, -0.25) is 4.79 Å². The van der Waals surface area contributed by atoms with Gasteiger partial charge in [0.25, 0.3) is 0 Å². The van der Waals surface area contributed by atoms with E-state index < -0.39 is 21.0 Å². The average Bonchev–Trinajstić information content (AvgIpc) is 2.96. The number of carbonyl (C=O) groups is 1. The predicted molar refractivity (Wildman–Crippen MR) is 107 cm³/mol. The molecular formula is C22H27F3O5S. The molecule has 4 rings (SSSR count). The van der Waals surface area contributed by atoms with Crippen molar-refractivity contribution in [2.45, 2.75) is 70.9 Å². The summed E-state index contributed by atoms with van der Waals surface area (Å²) in [6.07, 6.45) is 9.61. The van der Waals surface area contributed by atoms with Crippen LogP contribution in [-0.2, 0) is 23.8 Å². The molecule has 9 heteroatoms. The Bertz CT molecular complexity index is 993. The molecule has 2 saturated carbocycles. The molecule has 0 N–H and O–H groups in total. The molecular weight excluding hydrogens is 433 g/mol. The number of allylic oxidation sites excluding steroid dienone is 4. The largest absolute Gasteiger partial charge is 0.534 e. The highest BCUT2D eigenvalue weighted by Crippen LogP contribution is 2.64. The Morgan fingerprint density at radius 2 is 1.87 bits per heavy atom. The number of rotatable bonds is 3. The van der Waals surface area contributed by atoms with Crippen LogP contribution in [0.15, 0.2) is 35.1 Å². The Labute approximate surface area is 180 Å². The molecule has 0 heterocycles. The standard InChI is InChI=1S/C22H27F3O5S/c1-13(26)29-15-8-10-20(2)14(12-15)4-5-16-17-6-7-19(21(17,3)11-9-18(16)20)30-31(27,28)22(23,24)25/h4,6-7,15-16,18H,5,8-12H2,1-3H3/t15-,16-,18-,20-,21-/m0/s1. The van der Waals surface area contributed by atoms with Crippen LogP contribution >= 0.6 is 0 Å². The van der Waals surface area contributed by atoms with E-state index >= 15 is 0 Å². The van der Waals surface area contributed by atoms with Crippen molar-refractivity contribution in [1.29, 1.82) is 0 Å². The highest BCUT2D eigenvalue weighted by Gasteiger charge is 2.57. The van der Waals surface area contributed by atoms with Gasteiger partial charge < -0.3 is 8.92 Å². The summed E-state index contributed by atoms with van der Waals surface area (Å²) >= 11 is 0. The fourth-order valence-corrected chi connectivity index (χ4v) is 6.79. The molecule has 0 aromatic rings. The van der Waals surface area contributed by atoms with E-state index in [0.717, 1.165) is 31.3 Å². The van der Waals surface area contributed by atoms with Crippen LogP contribution in [0.1, 0.15) is 59.3 Å². The zero-order chi connectivity index (χ0) is 22.8. The van der Waals surface area contributed by atoms with Crippen LogP contribution in [0.5, 0.6) is 0 Å². The fraction of sp³-hybridized carbons (Fsp3) is 0.682. The number of alkyl halides is 3. The first kappa shape index (κ1) is 22.4. The Kier molecular flexibility index (Phi) is 5.15. The van der Waals surface area contributed by atoms with E-state index in [4.69, 9.17) is 4.74 Å². The number of fused-ring (bicyclic) bond motifs is 5. The van der Waals surface area contributed by atoms with Gasteiger partial charge in [0.15, 0.2) is 0 Å². The molecule has 0 radical (unpaired) electrons. The molecule has 172 valence electrons. The number of halogens is 3. The molecule has 0 bridgehead atoms. The van der Waals surface area contributed by atoms with Crippen molar-refractivity contribution in [2.24, 2.45) is 22.7 Å². The van der Waals surface area contributed by atoms with E-state index in [0.29, 0.717) is 18.8 Å². The van der Waals surface area contributed by atoms with Crippen molar-refractivity contribution in [1.82, 2.24) is 0 Å². The third-order valence-corrected chi connectivity index (χ3v) is 8.82. The summed E-state index contributed by atoms with van der Waals surface area (Å²) in [6, 6.07) is 0. The number of hydrogen-bond acceptors (Lipinski definition) is 5. The molecule has 0 aliphatic heterocycles. The van der Waals surface area contributed by atoms with Gasteiger partial charge >= 0.3 is 21.6 Å². The molecule has 5 atom stereocenters. The van der Waals surface area contributed by atoms with Gasteiger partial charge in [-0.2, -0.15) is 21.6 Å². The molecule has 4 aliphatic carbocycles. The summed E-state index contributed by atoms with van der Waals surface area (Å²) in [4.78, 5) is 11.4. The van der Waals surface area contributed by atoms with Crippen molar-refractivity contribution < 1.29 is 35.3 Å². The van der Waals surface area contributed by atoms with Crippen LogP contribution in [0.25, 0.3) is 0 Å². The predicted octanol–water partition coefficient (Wildman–Crippen LogP) is 5.16. The monoisotopic (exact) mass is 460 g/mol. The van der Waals surface area contributed by atoms with Gasteiger partial charge in [-0.1, -0.05) is 30.2 Å². The second kappa shape index (κ2) is 7.12. The van der Waals surface area contributed by atoms with Crippen molar-refractivity contribution in [2.75, 3.05) is 0 Å². The molecule has 0 amide bonds. The minimum Gasteiger partial charge on any atom is -0.462 e. The molecule has 31 heavy (non-hydrogen) atoms. The van der Waals surface area contributed by atoms with E-state index in [-0.39, 0.29) is 29.2 Å². The minimum atomic E-state index is -5.70. The molecule has 2 fully saturated rings. The fourth-order valence-electron chi connectivity index (χ4n) is 6.22. The van der Waals surface area contributed by atoms with Gasteiger partial charge in [-0.15, -0.1) is 0 Å². The second-order valence-corrected chi connectivity index (χ2v) is 11.1. The maximum Gasteiger partial charge on any atom is 0.534 e. The zero-order valence-electron chi connectivity index (χ0n) is 17.8. The Hall–Kier alpha value is -1.77. The lowest BCUT2D eigenvalue weighted by Crippen LogP contribution is -2.47. The first-order chi connectivity index (χ1) is 14.3. The smallest absolute Gasteiger partial charge is 0.462 e. The van der Waals surface area contributed by atoms with Crippen molar-refractivity contribution in [3.8, 4) is 0 Å². The minimum absolute atomic E-state index is 0.0661. The quantitative estimate of drug-likeness (QED) is 0.252. The second-order valence-electron chi connectivity index (χ2n) is 9.58. The zero-order valence-corrected chi connectivity index (χ0v) is 18.6. The van der Waals surface area contributed by atoms with Crippen LogP contribution in [0.3, 0.4) is 0 Å². The molecule has 0 spiro atoms. The van der Waals surface area contributed by atoms with Gasteiger partial charge in [-0.25, -0.2) is 0 Å². The first-order valence-electron chi connectivity index (χ1n) is 10.6. The lowest BCUT2D eigenvalue weighted by Gasteiger charge is -2.55. The van der Waals surface area contributed by atoms with Crippen LogP contribution < -0.4 is 0 Å². The molecule has 0 saturated heterocycles. The van der Waals surface area contributed by atoms with Crippen molar-refractivity contribution >= 4 is 16.1 Å². The summed E-state index contributed by atoms with van der Waals surface area (Å²) in [7, 11) is -5.70.